The van der Waals surface area contributed by atoms with Crippen LogP contribution in [0.1, 0.15) is 0 Å². The number of aromatic nitrogens is 3. The van der Waals surface area contributed by atoms with Crippen LogP contribution in [-0.4, -0.2) is 21.6 Å². The molecule has 2 aromatic heterocycles. The molecule has 0 aliphatic rings. The minimum Gasteiger partial charge on any atom is -0.313 e. The van der Waals surface area contributed by atoms with Crippen molar-refractivity contribution in [3.05, 3.63) is 53.1 Å². The third-order valence-corrected chi connectivity index (χ3v) is 3.29. The van der Waals surface area contributed by atoms with Crippen LogP contribution in [-0.2, 0) is 0 Å². The monoisotopic (exact) mass is 302 g/mol. The molecule has 0 atom stereocenters. The van der Waals surface area contributed by atoms with Crippen LogP contribution >= 0.6 is 15.9 Å². The summed E-state index contributed by atoms with van der Waals surface area (Å²) in [5.74, 6) is 0.795. The van der Waals surface area contributed by atoms with Gasteiger partial charge in [-0.25, -0.2) is 0 Å². The minimum atomic E-state index is 0.795. The molecule has 0 saturated heterocycles. The zero-order valence-electron chi connectivity index (χ0n) is 9.79. The van der Waals surface area contributed by atoms with Crippen molar-refractivity contribution in [3.63, 3.8) is 0 Å². The highest BCUT2D eigenvalue weighted by Crippen LogP contribution is 2.23. The van der Waals surface area contributed by atoms with E-state index in [-0.39, 0.29) is 0 Å². The molecule has 0 unspecified atom stereocenters. The second-order valence-electron chi connectivity index (χ2n) is 3.97. The molecule has 4 nitrogen and oxygen atoms in total. The van der Waals surface area contributed by atoms with E-state index in [1.165, 1.54) is 0 Å². The van der Waals surface area contributed by atoms with Gasteiger partial charge in [0.2, 0.25) is 5.95 Å². The van der Waals surface area contributed by atoms with Crippen molar-refractivity contribution in [3.8, 4) is 0 Å². The largest absolute Gasteiger partial charge is 0.313 e. The van der Waals surface area contributed by atoms with E-state index in [0.717, 1.165) is 21.8 Å². The summed E-state index contributed by atoms with van der Waals surface area (Å²) in [5, 5.41) is 8.40. The summed E-state index contributed by atoms with van der Waals surface area (Å²) in [4.78, 5) is 2.01. The Morgan fingerprint density at radius 2 is 1.89 bits per heavy atom. The number of nitrogens with zero attached hydrogens (tertiary/aromatic N) is 4. The lowest BCUT2D eigenvalue weighted by molar-refractivity contribution is 1.01. The highest BCUT2D eigenvalue weighted by atomic mass is 79.9. The zero-order valence-corrected chi connectivity index (χ0v) is 11.4. The Labute approximate surface area is 113 Å². The molecule has 0 radical (unpaired) electrons. The van der Waals surface area contributed by atoms with Crippen molar-refractivity contribution in [2.24, 2.45) is 0 Å². The van der Waals surface area contributed by atoms with Crippen LogP contribution in [0.25, 0.3) is 5.65 Å². The fourth-order valence-electron chi connectivity index (χ4n) is 1.85. The summed E-state index contributed by atoms with van der Waals surface area (Å²) in [6.45, 7) is 0. The van der Waals surface area contributed by atoms with Crippen molar-refractivity contribution >= 4 is 33.2 Å². The number of hydrogen-bond donors (Lipinski definition) is 0. The molecule has 90 valence electrons. The normalized spacial score (nSPS) is 10.8. The Balaban J connectivity index is 2.10. The summed E-state index contributed by atoms with van der Waals surface area (Å²) in [7, 11) is 1.98. The maximum absolute atomic E-state index is 4.23. The molecule has 0 aliphatic carbocycles. The Hall–Kier alpha value is -1.88. The second-order valence-corrected chi connectivity index (χ2v) is 4.88. The van der Waals surface area contributed by atoms with Gasteiger partial charge in [0, 0.05) is 23.4 Å². The lowest BCUT2D eigenvalue weighted by atomic mass is 10.3. The minimum absolute atomic E-state index is 0.795. The summed E-state index contributed by atoms with van der Waals surface area (Å²) < 4.78 is 2.95. The van der Waals surface area contributed by atoms with Crippen LogP contribution in [0.3, 0.4) is 0 Å². The summed E-state index contributed by atoms with van der Waals surface area (Å²) in [6.07, 6.45) is 1.95. The molecule has 18 heavy (non-hydrogen) atoms. The summed E-state index contributed by atoms with van der Waals surface area (Å²) >= 11 is 3.43. The average Bonchev–Trinajstić information content (AvgIpc) is 2.81. The van der Waals surface area contributed by atoms with E-state index in [9.17, 15) is 0 Å². The van der Waals surface area contributed by atoms with Gasteiger partial charge in [0.1, 0.15) is 0 Å². The lowest BCUT2D eigenvalue weighted by Crippen LogP contribution is -2.12. The van der Waals surface area contributed by atoms with E-state index in [2.05, 4.69) is 26.1 Å². The fourth-order valence-corrected chi connectivity index (χ4v) is 2.17. The predicted octanol–water partition coefficient (Wildman–Crippen LogP) is 3.26. The molecule has 3 rings (SSSR count). The Bertz CT molecular complexity index is 678. The van der Waals surface area contributed by atoms with Gasteiger partial charge in [0.25, 0.3) is 0 Å². The van der Waals surface area contributed by atoms with Gasteiger partial charge in [0.05, 0.1) is 0 Å². The molecular formula is C13H11BrN4. The van der Waals surface area contributed by atoms with Crippen LogP contribution in [0, 0.1) is 0 Å². The maximum atomic E-state index is 4.23. The van der Waals surface area contributed by atoms with Crippen molar-refractivity contribution in [2.45, 2.75) is 0 Å². The van der Waals surface area contributed by atoms with E-state index in [4.69, 9.17) is 0 Å². The number of rotatable bonds is 2. The molecular weight excluding hydrogens is 292 g/mol. The number of fused-ring (bicyclic) bond motifs is 1. The van der Waals surface area contributed by atoms with Gasteiger partial charge in [-0.3, -0.25) is 4.40 Å². The highest BCUT2D eigenvalue weighted by molar-refractivity contribution is 9.10. The summed E-state index contributed by atoms with van der Waals surface area (Å²) in [5.41, 5.74) is 1.90. The Morgan fingerprint density at radius 3 is 2.67 bits per heavy atom. The van der Waals surface area contributed by atoms with E-state index < -0.39 is 0 Å². The number of benzene rings is 1. The topological polar surface area (TPSA) is 33.4 Å². The molecule has 0 bridgehead atoms. The molecule has 0 spiro atoms. The first kappa shape index (κ1) is 11.2. The highest BCUT2D eigenvalue weighted by Gasteiger charge is 2.11. The number of anilines is 2. The third kappa shape index (κ3) is 1.86. The maximum Gasteiger partial charge on any atom is 0.235 e. The van der Waals surface area contributed by atoms with Crippen molar-refractivity contribution in [2.75, 3.05) is 11.9 Å². The first-order valence-electron chi connectivity index (χ1n) is 5.55. The van der Waals surface area contributed by atoms with Crippen molar-refractivity contribution in [1.82, 2.24) is 14.6 Å². The van der Waals surface area contributed by atoms with Crippen LogP contribution in [0.2, 0.25) is 0 Å². The first-order chi connectivity index (χ1) is 8.75. The fraction of sp³-hybridized carbons (Fsp3) is 0.0769. The van der Waals surface area contributed by atoms with Gasteiger partial charge in [0.15, 0.2) is 5.65 Å². The predicted molar refractivity (Wildman–Crippen MR) is 75.2 cm³/mol. The third-order valence-electron chi connectivity index (χ3n) is 2.80. The molecule has 2 heterocycles. The molecule has 3 aromatic rings. The van der Waals surface area contributed by atoms with Crippen molar-refractivity contribution < 1.29 is 0 Å². The van der Waals surface area contributed by atoms with Gasteiger partial charge < -0.3 is 4.90 Å². The molecule has 5 heteroatoms. The molecule has 0 amide bonds. The molecule has 0 saturated carbocycles. The van der Waals surface area contributed by atoms with Crippen LogP contribution < -0.4 is 4.90 Å². The Kier molecular flexibility index (Phi) is 2.76. The zero-order chi connectivity index (χ0) is 12.5. The Morgan fingerprint density at radius 1 is 1.11 bits per heavy atom. The van der Waals surface area contributed by atoms with Crippen molar-refractivity contribution in [1.29, 1.82) is 0 Å². The van der Waals surface area contributed by atoms with Gasteiger partial charge in [-0.05, 0) is 24.3 Å². The molecule has 0 N–H and O–H groups in total. The average molecular weight is 303 g/mol. The van der Waals surface area contributed by atoms with Crippen LogP contribution in [0.15, 0.2) is 53.1 Å². The lowest BCUT2D eigenvalue weighted by Gasteiger charge is -2.16. The van der Waals surface area contributed by atoms with Crippen LogP contribution in [0.5, 0.6) is 0 Å². The number of halogens is 1. The first-order valence-corrected chi connectivity index (χ1v) is 6.34. The standard InChI is InChI=1S/C13H11BrN4/c1-17(11-5-3-2-4-6-11)13-16-15-12-9-10(14)7-8-18(12)13/h2-9H,1H3. The number of para-hydroxylation sites is 1. The molecule has 0 aliphatic heterocycles. The number of hydrogen-bond acceptors (Lipinski definition) is 3. The quantitative estimate of drug-likeness (QED) is 0.728. The van der Waals surface area contributed by atoms with Gasteiger partial charge in [-0.2, -0.15) is 0 Å². The molecule has 0 fully saturated rings. The SMILES string of the molecule is CN(c1ccccc1)c1nnc2cc(Br)ccn12. The van der Waals surface area contributed by atoms with E-state index in [1.54, 1.807) is 0 Å². The number of pyridine rings is 1. The van der Waals surface area contributed by atoms with E-state index >= 15 is 0 Å². The second kappa shape index (κ2) is 4.42. The van der Waals surface area contributed by atoms with E-state index in [0.29, 0.717) is 0 Å². The summed E-state index contributed by atoms with van der Waals surface area (Å²) in [6, 6.07) is 14.0. The van der Waals surface area contributed by atoms with E-state index in [1.807, 2.05) is 65.0 Å². The van der Waals surface area contributed by atoms with Gasteiger partial charge in [-0.15, -0.1) is 10.2 Å². The molecule has 1 aromatic carbocycles. The van der Waals surface area contributed by atoms with Gasteiger partial charge >= 0.3 is 0 Å². The van der Waals surface area contributed by atoms with Gasteiger partial charge in [-0.1, -0.05) is 34.1 Å². The van der Waals surface area contributed by atoms with Crippen LogP contribution in [0.4, 0.5) is 11.6 Å². The smallest absolute Gasteiger partial charge is 0.235 e.